The second-order valence-corrected chi connectivity index (χ2v) is 2.30. The van der Waals surface area contributed by atoms with Crippen LogP contribution >= 0.6 is 8.69 Å². The lowest BCUT2D eigenvalue weighted by atomic mass is 10.8. The maximum absolute atomic E-state index is 11.4. The molecule has 0 spiro atoms. The first-order chi connectivity index (χ1) is 3.18. The van der Waals surface area contributed by atoms with Gasteiger partial charge in [0.25, 0.3) is 0 Å². The normalized spacial score (nSPS) is 11.1. The Morgan fingerprint density at radius 2 is 2.00 bits per heavy atom. The van der Waals surface area contributed by atoms with E-state index in [9.17, 15) is 8.39 Å². The van der Waals surface area contributed by atoms with Crippen LogP contribution in [0.2, 0.25) is 0 Å². The van der Waals surface area contributed by atoms with Crippen LogP contribution in [0, 0.1) is 0 Å². The first-order valence-corrected chi connectivity index (χ1v) is 3.08. The topological polar surface area (TPSA) is 3.24 Å². The van der Waals surface area contributed by atoms with Crippen LogP contribution in [-0.4, -0.2) is 18.3 Å². The number of rotatable bonds is 2. The molecule has 0 bridgehead atoms. The molecule has 0 aromatic carbocycles. The average molecular weight is 127 g/mol. The molecule has 0 fully saturated rings. The number of nitrogens with zero attached hydrogens (tertiary/aromatic N) is 1. The highest BCUT2D eigenvalue weighted by molar-refractivity contribution is 7.43. The van der Waals surface area contributed by atoms with E-state index in [-0.39, 0.29) is 0 Å². The van der Waals surface area contributed by atoms with Gasteiger partial charge in [-0.3, -0.25) is 0 Å². The zero-order chi connectivity index (χ0) is 5.86. The van der Waals surface area contributed by atoms with Crippen molar-refractivity contribution < 1.29 is 8.39 Å². The maximum Gasteiger partial charge on any atom is 0.345 e. The van der Waals surface area contributed by atoms with Crippen molar-refractivity contribution in [3.05, 3.63) is 0 Å². The molecule has 1 nitrogen and oxygen atoms in total. The first kappa shape index (κ1) is 7.25. The first-order valence-electron chi connectivity index (χ1n) is 2.01. The summed E-state index contributed by atoms with van der Waals surface area (Å²) in [6, 6.07) is 0. The Balaban J connectivity index is 3.14. The Labute approximate surface area is 43.4 Å². The number of hydrogen-bond donors (Lipinski definition) is 0. The summed E-state index contributed by atoms with van der Waals surface area (Å²) in [6.45, 7) is 2.13. The average Bonchev–Trinajstić information content (AvgIpc) is 1.65. The predicted molar refractivity (Wildman–Crippen MR) is 27.4 cm³/mol. The fourth-order valence-corrected chi connectivity index (χ4v) is 0.321. The van der Waals surface area contributed by atoms with E-state index in [2.05, 4.69) is 0 Å². The van der Waals surface area contributed by atoms with Gasteiger partial charge in [0.05, 0.1) is 0 Å². The van der Waals surface area contributed by atoms with E-state index in [1.807, 2.05) is 0 Å². The van der Waals surface area contributed by atoms with Crippen LogP contribution in [0.1, 0.15) is 6.92 Å². The van der Waals surface area contributed by atoms with E-state index >= 15 is 0 Å². The molecule has 4 heteroatoms. The molecule has 0 aromatic rings. The van der Waals surface area contributed by atoms with Crippen LogP contribution in [0.15, 0.2) is 0 Å². The molecule has 0 heterocycles. The Morgan fingerprint density at radius 3 is 2.00 bits per heavy atom. The minimum Gasteiger partial charge on any atom is -0.233 e. The minimum atomic E-state index is -2.83. The van der Waals surface area contributed by atoms with Crippen molar-refractivity contribution in [1.82, 2.24) is 4.67 Å². The van der Waals surface area contributed by atoms with Gasteiger partial charge < -0.3 is 0 Å². The molecule has 0 amide bonds. The van der Waals surface area contributed by atoms with E-state index in [1.165, 1.54) is 7.05 Å². The van der Waals surface area contributed by atoms with Crippen molar-refractivity contribution in [3.8, 4) is 0 Å². The zero-order valence-corrected chi connectivity index (χ0v) is 5.25. The Hall–Kier alpha value is 0.250. The van der Waals surface area contributed by atoms with Crippen molar-refractivity contribution in [2.45, 2.75) is 6.92 Å². The molecule has 0 aliphatic heterocycles. The summed E-state index contributed by atoms with van der Waals surface area (Å²) in [4.78, 5) is 0. The zero-order valence-electron chi connectivity index (χ0n) is 4.36. The van der Waals surface area contributed by atoms with Gasteiger partial charge >= 0.3 is 8.69 Å². The lowest BCUT2D eigenvalue weighted by Gasteiger charge is -2.07. The highest BCUT2D eigenvalue weighted by Crippen LogP contribution is 2.41. The van der Waals surface area contributed by atoms with Crippen molar-refractivity contribution in [2.75, 3.05) is 13.6 Å². The molecule has 44 valence electrons. The summed E-state index contributed by atoms with van der Waals surface area (Å²) in [6.07, 6.45) is 0. The van der Waals surface area contributed by atoms with E-state index in [4.69, 9.17) is 0 Å². The highest BCUT2D eigenvalue weighted by atomic mass is 31.2. The molecule has 0 aliphatic rings. The summed E-state index contributed by atoms with van der Waals surface area (Å²) >= 11 is 0. The second-order valence-electron chi connectivity index (χ2n) is 1.19. The molecule has 0 unspecified atom stereocenters. The van der Waals surface area contributed by atoms with E-state index in [0.29, 0.717) is 6.54 Å². The standard InChI is InChI=1S/C3H8F2NP/c1-3-6(2)7(4)5/h3H2,1-2H3. The minimum absolute atomic E-state index is 0.429. The summed E-state index contributed by atoms with van der Waals surface area (Å²) in [5.74, 6) is 0. The fraction of sp³-hybridized carbons (Fsp3) is 1.00. The van der Waals surface area contributed by atoms with Gasteiger partial charge in [-0.1, -0.05) is 6.92 Å². The molecular weight excluding hydrogens is 119 g/mol. The van der Waals surface area contributed by atoms with Gasteiger partial charge in [-0.2, -0.15) is 8.39 Å². The lowest BCUT2D eigenvalue weighted by molar-refractivity contribution is 0.504. The molecule has 7 heavy (non-hydrogen) atoms. The third-order valence-corrected chi connectivity index (χ3v) is 1.51. The Morgan fingerprint density at radius 1 is 1.57 bits per heavy atom. The largest absolute Gasteiger partial charge is 0.345 e. The van der Waals surface area contributed by atoms with Gasteiger partial charge in [-0.25, -0.2) is 4.67 Å². The van der Waals surface area contributed by atoms with Gasteiger partial charge in [0.2, 0.25) is 0 Å². The third-order valence-electron chi connectivity index (χ3n) is 0.716. The van der Waals surface area contributed by atoms with Crippen LogP contribution < -0.4 is 0 Å². The summed E-state index contributed by atoms with van der Waals surface area (Å²) < 4.78 is 23.9. The molecule has 0 saturated heterocycles. The van der Waals surface area contributed by atoms with Gasteiger partial charge in [-0.05, 0) is 7.05 Å². The van der Waals surface area contributed by atoms with Crippen LogP contribution in [0.4, 0.5) is 8.39 Å². The van der Waals surface area contributed by atoms with Crippen LogP contribution in [0.5, 0.6) is 0 Å². The van der Waals surface area contributed by atoms with Crippen molar-refractivity contribution in [2.24, 2.45) is 0 Å². The molecule has 0 atom stereocenters. The fourth-order valence-electron chi connectivity index (χ4n) is 0.107. The molecule has 0 saturated carbocycles. The summed E-state index contributed by atoms with van der Waals surface area (Å²) in [5.41, 5.74) is 0. The van der Waals surface area contributed by atoms with Gasteiger partial charge in [0, 0.05) is 6.54 Å². The smallest absolute Gasteiger partial charge is 0.233 e. The second kappa shape index (κ2) is 3.28. The molecule has 0 radical (unpaired) electrons. The van der Waals surface area contributed by atoms with E-state index in [0.717, 1.165) is 4.67 Å². The highest BCUT2D eigenvalue weighted by Gasteiger charge is 2.08. The maximum atomic E-state index is 11.4. The SMILES string of the molecule is CCN(C)P(F)F. The quantitative estimate of drug-likeness (QED) is 0.513. The Kier molecular flexibility index (Phi) is 3.39. The molecule has 0 N–H and O–H groups in total. The van der Waals surface area contributed by atoms with Crippen LogP contribution in [0.25, 0.3) is 0 Å². The lowest BCUT2D eigenvalue weighted by Crippen LogP contribution is -2.05. The third kappa shape index (κ3) is 2.89. The summed E-state index contributed by atoms with van der Waals surface area (Å²) in [7, 11) is -1.42. The van der Waals surface area contributed by atoms with Gasteiger partial charge in [-0.15, -0.1) is 0 Å². The van der Waals surface area contributed by atoms with Crippen LogP contribution in [0.3, 0.4) is 0 Å². The van der Waals surface area contributed by atoms with Gasteiger partial charge in [0.15, 0.2) is 0 Å². The van der Waals surface area contributed by atoms with Gasteiger partial charge in [0.1, 0.15) is 0 Å². The number of halogens is 2. The van der Waals surface area contributed by atoms with E-state index in [1.54, 1.807) is 6.92 Å². The monoisotopic (exact) mass is 127 g/mol. The molecule has 0 rings (SSSR count). The van der Waals surface area contributed by atoms with Crippen molar-refractivity contribution in [1.29, 1.82) is 0 Å². The van der Waals surface area contributed by atoms with Crippen molar-refractivity contribution >= 4 is 8.69 Å². The molecule has 0 aromatic heterocycles. The Bertz CT molecular complexity index is 50.2. The molecular formula is C3H8F2NP. The predicted octanol–water partition coefficient (Wildman–Crippen LogP) is 2.10. The summed E-state index contributed by atoms with van der Waals surface area (Å²) in [5, 5.41) is 0. The van der Waals surface area contributed by atoms with Crippen molar-refractivity contribution in [3.63, 3.8) is 0 Å². The van der Waals surface area contributed by atoms with Crippen LogP contribution in [-0.2, 0) is 0 Å². The number of hydrogen-bond acceptors (Lipinski definition) is 1. The molecule has 0 aliphatic carbocycles. The van der Waals surface area contributed by atoms with E-state index < -0.39 is 8.69 Å².